The maximum absolute atomic E-state index is 5.88. The SMILES string of the molecule is CC.CCN1CCC(OC2CNC2)C1. The summed E-state index contributed by atoms with van der Waals surface area (Å²) in [5.41, 5.74) is 0. The predicted octanol–water partition coefficient (Wildman–Crippen LogP) is 1.10. The van der Waals surface area contributed by atoms with Crippen molar-refractivity contribution in [1.82, 2.24) is 10.2 Å². The van der Waals surface area contributed by atoms with Crippen LogP contribution in [0.5, 0.6) is 0 Å². The summed E-state index contributed by atoms with van der Waals surface area (Å²) in [6.45, 7) is 11.9. The van der Waals surface area contributed by atoms with E-state index in [0.717, 1.165) is 19.6 Å². The Labute approximate surface area is 87.8 Å². The summed E-state index contributed by atoms with van der Waals surface area (Å²) >= 11 is 0. The molecule has 2 rings (SSSR count). The van der Waals surface area contributed by atoms with Crippen molar-refractivity contribution in [2.24, 2.45) is 0 Å². The zero-order valence-corrected chi connectivity index (χ0v) is 9.75. The number of hydrogen-bond donors (Lipinski definition) is 1. The molecule has 0 radical (unpaired) electrons. The maximum Gasteiger partial charge on any atom is 0.0828 e. The Morgan fingerprint density at radius 3 is 2.43 bits per heavy atom. The summed E-state index contributed by atoms with van der Waals surface area (Å²) in [6.07, 6.45) is 2.24. The van der Waals surface area contributed by atoms with Gasteiger partial charge in [-0.15, -0.1) is 0 Å². The van der Waals surface area contributed by atoms with Gasteiger partial charge in [0.25, 0.3) is 0 Å². The van der Waals surface area contributed by atoms with Crippen molar-refractivity contribution in [2.75, 3.05) is 32.7 Å². The van der Waals surface area contributed by atoms with E-state index < -0.39 is 0 Å². The molecule has 3 nitrogen and oxygen atoms in total. The minimum atomic E-state index is 0.506. The average Bonchev–Trinajstić information content (AvgIpc) is 2.62. The topological polar surface area (TPSA) is 24.5 Å². The van der Waals surface area contributed by atoms with Crippen LogP contribution < -0.4 is 5.32 Å². The fourth-order valence-corrected chi connectivity index (χ4v) is 1.83. The standard InChI is InChI=1S/C9H18N2O.C2H6/c1-2-11-4-3-8(7-11)12-9-5-10-6-9;1-2/h8-10H,2-7H2,1H3;1-2H3. The fraction of sp³-hybridized carbons (Fsp3) is 1.00. The van der Waals surface area contributed by atoms with E-state index in [-0.39, 0.29) is 0 Å². The molecule has 0 bridgehead atoms. The number of likely N-dealkylation sites (tertiary alicyclic amines) is 1. The van der Waals surface area contributed by atoms with Crippen LogP contribution in [-0.4, -0.2) is 49.8 Å². The zero-order valence-electron chi connectivity index (χ0n) is 9.75. The normalized spacial score (nSPS) is 28.1. The number of hydrogen-bond acceptors (Lipinski definition) is 3. The van der Waals surface area contributed by atoms with E-state index in [9.17, 15) is 0 Å². The van der Waals surface area contributed by atoms with Gasteiger partial charge in [-0.05, 0) is 13.0 Å². The monoisotopic (exact) mass is 200 g/mol. The van der Waals surface area contributed by atoms with Crippen LogP contribution in [0.25, 0.3) is 0 Å². The second-order valence-corrected chi connectivity index (χ2v) is 3.72. The molecule has 2 heterocycles. The van der Waals surface area contributed by atoms with Crippen LogP contribution in [0.4, 0.5) is 0 Å². The van der Waals surface area contributed by atoms with Crippen molar-refractivity contribution in [3.63, 3.8) is 0 Å². The van der Waals surface area contributed by atoms with Gasteiger partial charge < -0.3 is 15.0 Å². The molecule has 0 saturated carbocycles. The van der Waals surface area contributed by atoms with Gasteiger partial charge in [0, 0.05) is 26.2 Å². The largest absolute Gasteiger partial charge is 0.371 e. The lowest BCUT2D eigenvalue weighted by atomic mass is 10.2. The van der Waals surface area contributed by atoms with E-state index in [1.807, 2.05) is 13.8 Å². The van der Waals surface area contributed by atoms with Gasteiger partial charge in [-0.25, -0.2) is 0 Å². The lowest BCUT2D eigenvalue weighted by Crippen LogP contribution is -2.50. The smallest absolute Gasteiger partial charge is 0.0828 e. The van der Waals surface area contributed by atoms with Gasteiger partial charge >= 0.3 is 0 Å². The first-order valence-electron chi connectivity index (χ1n) is 5.97. The molecule has 0 spiro atoms. The Bertz CT molecular complexity index is 148. The molecule has 84 valence electrons. The molecule has 1 atom stereocenters. The quantitative estimate of drug-likeness (QED) is 0.738. The molecule has 0 aromatic rings. The number of ether oxygens (including phenoxy) is 1. The maximum atomic E-state index is 5.88. The molecule has 14 heavy (non-hydrogen) atoms. The highest BCUT2D eigenvalue weighted by molar-refractivity contribution is 4.81. The molecule has 1 N–H and O–H groups in total. The summed E-state index contributed by atoms with van der Waals surface area (Å²) < 4.78 is 5.88. The van der Waals surface area contributed by atoms with Gasteiger partial charge in [-0.3, -0.25) is 0 Å². The van der Waals surface area contributed by atoms with Crippen LogP contribution in [0, 0.1) is 0 Å². The molecule has 2 aliphatic rings. The van der Waals surface area contributed by atoms with Gasteiger partial charge in [0.1, 0.15) is 0 Å². The van der Waals surface area contributed by atoms with Crippen LogP contribution in [0.1, 0.15) is 27.2 Å². The average molecular weight is 200 g/mol. The van der Waals surface area contributed by atoms with E-state index in [0.29, 0.717) is 12.2 Å². The minimum absolute atomic E-state index is 0.506. The first kappa shape index (κ1) is 12.0. The van der Waals surface area contributed by atoms with Crippen molar-refractivity contribution in [1.29, 1.82) is 0 Å². The number of likely N-dealkylation sites (N-methyl/N-ethyl adjacent to an activating group) is 1. The third-order valence-electron chi connectivity index (χ3n) is 2.81. The van der Waals surface area contributed by atoms with E-state index in [1.54, 1.807) is 0 Å². The van der Waals surface area contributed by atoms with Crippen LogP contribution >= 0.6 is 0 Å². The van der Waals surface area contributed by atoms with E-state index in [4.69, 9.17) is 4.74 Å². The summed E-state index contributed by atoms with van der Waals surface area (Å²) in [6, 6.07) is 0. The molecule has 0 aliphatic carbocycles. The van der Waals surface area contributed by atoms with Crippen molar-refractivity contribution in [3.05, 3.63) is 0 Å². The first-order chi connectivity index (χ1) is 6.88. The van der Waals surface area contributed by atoms with Crippen LogP contribution in [0.3, 0.4) is 0 Å². The summed E-state index contributed by atoms with van der Waals surface area (Å²) in [7, 11) is 0. The van der Waals surface area contributed by atoms with Crippen LogP contribution in [0.2, 0.25) is 0 Å². The lowest BCUT2D eigenvalue weighted by molar-refractivity contribution is -0.0316. The Kier molecular flexibility index (Phi) is 5.45. The molecule has 2 fully saturated rings. The second kappa shape index (κ2) is 6.38. The minimum Gasteiger partial charge on any atom is -0.371 e. The molecule has 2 saturated heterocycles. The van der Waals surface area contributed by atoms with Gasteiger partial charge in [-0.1, -0.05) is 20.8 Å². The van der Waals surface area contributed by atoms with Gasteiger partial charge in [0.05, 0.1) is 12.2 Å². The molecule has 1 unspecified atom stereocenters. The first-order valence-corrected chi connectivity index (χ1v) is 5.97. The molecule has 0 aromatic heterocycles. The van der Waals surface area contributed by atoms with Gasteiger partial charge in [-0.2, -0.15) is 0 Å². The molecule has 0 aromatic carbocycles. The molecule has 0 amide bonds. The fourth-order valence-electron chi connectivity index (χ4n) is 1.83. The Hall–Kier alpha value is -0.120. The molecular weight excluding hydrogens is 176 g/mol. The zero-order chi connectivity index (χ0) is 10.4. The second-order valence-electron chi connectivity index (χ2n) is 3.72. The van der Waals surface area contributed by atoms with Crippen molar-refractivity contribution >= 4 is 0 Å². The lowest BCUT2D eigenvalue weighted by Gasteiger charge is -2.30. The Morgan fingerprint density at radius 1 is 1.29 bits per heavy atom. The van der Waals surface area contributed by atoms with Gasteiger partial charge in [0.2, 0.25) is 0 Å². The van der Waals surface area contributed by atoms with E-state index in [1.165, 1.54) is 19.5 Å². The highest BCUT2D eigenvalue weighted by atomic mass is 16.5. The Morgan fingerprint density at radius 2 is 2.00 bits per heavy atom. The highest BCUT2D eigenvalue weighted by Gasteiger charge is 2.27. The Balaban J connectivity index is 0.000000461. The van der Waals surface area contributed by atoms with E-state index >= 15 is 0 Å². The van der Waals surface area contributed by atoms with Crippen molar-refractivity contribution in [3.8, 4) is 0 Å². The van der Waals surface area contributed by atoms with Gasteiger partial charge in [0.15, 0.2) is 0 Å². The third-order valence-corrected chi connectivity index (χ3v) is 2.81. The van der Waals surface area contributed by atoms with Crippen LogP contribution in [0.15, 0.2) is 0 Å². The summed E-state index contributed by atoms with van der Waals surface area (Å²) in [4.78, 5) is 2.46. The predicted molar refractivity (Wildman–Crippen MR) is 59.6 cm³/mol. The van der Waals surface area contributed by atoms with Crippen LogP contribution in [-0.2, 0) is 4.74 Å². The third kappa shape index (κ3) is 3.23. The number of rotatable bonds is 3. The van der Waals surface area contributed by atoms with Crippen molar-refractivity contribution in [2.45, 2.75) is 39.4 Å². The van der Waals surface area contributed by atoms with Crippen molar-refractivity contribution < 1.29 is 4.74 Å². The summed E-state index contributed by atoms with van der Waals surface area (Å²) in [5.74, 6) is 0. The number of nitrogens with one attached hydrogen (secondary N) is 1. The summed E-state index contributed by atoms with van der Waals surface area (Å²) in [5, 5.41) is 3.22. The molecule has 2 aliphatic heterocycles. The number of nitrogens with zero attached hydrogens (tertiary/aromatic N) is 1. The molecule has 3 heteroatoms. The van der Waals surface area contributed by atoms with E-state index in [2.05, 4.69) is 17.1 Å². The highest BCUT2D eigenvalue weighted by Crippen LogP contribution is 2.15. The molecular formula is C11H24N2O.